The highest BCUT2D eigenvalue weighted by atomic mass is 32.2. The van der Waals surface area contributed by atoms with Gasteiger partial charge < -0.3 is 15.4 Å². The fraction of sp³-hybridized carbons (Fsp3) is 0.500. The molecule has 0 aromatic heterocycles. The summed E-state index contributed by atoms with van der Waals surface area (Å²) in [6.07, 6.45) is 0. The van der Waals surface area contributed by atoms with Gasteiger partial charge in [0.2, 0.25) is 5.91 Å². The number of thioether (sulfide) groups is 1. The first kappa shape index (κ1) is 14.2. The second-order valence-electron chi connectivity index (χ2n) is 4.52. The van der Waals surface area contributed by atoms with E-state index in [9.17, 15) is 4.79 Å². The molecule has 19 heavy (non-hydrogen) atoms. The van der Waals surface area contributed by atoms with Crippen LogP contribution < -0.4 is 15.4 Å². The minimum atomic E-state index is 0.103. The van der Waals surface area contributed by atoms with Crippen molar-refractivity contribution < 1.29 is 9.53 Å². The van der Waals surface area contributed by atoms with Crippen molar-refractivity contribution in [2.75, 3.05) is 32.0 Å². The topological polar surface area (TPSA) is 50.4 Å². The van der Waals surface area contributed by atoms with Crippen LogP contribution in [0, 0.1) is 5.92 Å². The molecule has 5 heteroatoms. The molecule has 0 unspecified atom stereocenters. The quantitative estimate of drug-likeness (QED) is 0.744. The van der Waals surface area contributed by atoms with Crippen LogP contribution >= 0.6 is 11.8 Å². The summed E-state index contributed by atoms with van der Waals surface area (Å²) in [6.45, 7) is 5.46. The third-order valence-electron chi connectivity index (χ3n) is 2.96. The van der Waals surface area contributed by atoms with Crippen LogP contribution in [0.1, 0.15) is 6.92 Å². The van der Waals surface area contributed by atoms with E-state index in [0.29, 0.717) is 18.3 Å². The third kappa shape index (κ3) is 4.76. The van der Waals surface area contributed by atoms with Crippen molar-refractivity contribution in [1.29, 1.82) is 0 Å². The van der Waals surface area contributed by atoms with Crippen molar-refractivity contribution in [1.82, 2.24) is 10.6 Å². The molecule has 104 valence electrons. The number of carbonyl (C=O) groups is 1. The summed E-state index contributed by atoms with van der Waals surface area (Å²) in [5, 5.41) is 6.15. The molecule has 2 N–H and O–H groups in total. The van der Waals surface area contributed by atoms with E-state index in [1.54, 1.807) is 11.8 Å². The standard InChI is InChI=1S/C14H20N2O2S/c1-2-18-12-3-5-13(6-4-12)19-10-14(17)16-9-11-7-15-8-11/h3-6,11,15H,2,7-10H2,1H3,(H,16,17). The maximum absolute atomic E-state index is 11.7. The summed E-state index contributed by atoms with van der Waals surface area (Å²) >= 11 is 1.55. The fourth-order valence-corrected chi connectivity index (χ4v) is 2.48. The lowest BCUT2D eigenvalue weighted by Crippen LogP contribution is -2.48. The minimum absolute atomic E-state index is 0.103. The first-order chi connectivity index (χ1) is 9.28. The van der Waals surface area contributed by atoms with E-state index >= 15 is 0 Å². The van der Waals surface area contributed by atoms with E-state index in [0.717, 1.165) is 30.3 Å². The molecule has 0 aliphatic carbocycles. The van der Waals surface area contributed by atoms with Gasteiger partial charge in [-0.05, 0) is 31.2 Å². The summed E-state index contributed by atoms with van der Waals surface area (Å²) in [7, 11) is 0. The molecule has 1 aromatic rings. The Morgan fingerprint density at radius 2 is 2.16 bits per heavy atom. The van der Waals surface area contributed by atoms with Crippen LogP contribution in [0.25, 0.3) is 0 Å². The van der Waals surface area contributed by atoms with Gasteiger partial charge in [0.05, 0.1) is 12.4 Å². The van der Waals surface area contributed by atoms with E-state index in [2.05, 4.69) is 10.6 Å². The predicted molar refractivity (Wildman–Crippen MR) is 77.7 cm³/mol. The van der Waals surface area contributed by atoms with Gasteiger partial charge in [0.25, 0.3) is 0 Å². The number of hydrogen-bond donors (Lipinski definition) is 2. The molecule has 1 heterocycles. The Hall–Kier alpha value is -1.20. The summed E-state index contributed by atoms with van der Waals surface area (Å²) in [5.74, 6) is 2.05. The smallest absolute Gasteiger partial charge is 0.230 e. The maximum Gasteiger partial charge on any atom is 0.230 e. The number of nitrogens with one attached hydrogen (secondary N) is 2. The highest BCUT2D eigenvalue weighted by Gasteiger charge is 2.16. The van der Waals surface area contributed by atoms with Crippen LogP contribution in [0.15, 0.2) is 29.2 Å². The molecule has 0 atom stereocenters. The predicted octanol–water partition coefficient (Wildman–Crippen LogP) is 1.51. The Balaban J connectivity index is 1.67. The molecule has 0 spiro atoms. The molecule has 0 radical (unpaired) electrons. The zero-order valence-electron chi connectivity index (χ0n) is 11.1. The highest BCUT2D eigenvalue weighted by molar-refractivity contribution is 8.00. The van der Waals surface area contributed by atoms with Crippen LogP contribution in [0.4, 0.5) is 0 Å². The second kappa shape index (κ2) is 7.40. The van der Waals surface area contributed by atoms with Gasteiger partial charge in [-0.25, -0.2) is 0 Å². The maximum atomic E-state index is 11.7. The number of amides is 1. The Bertz CT molecular complexity index is 404. The number of rotatable bonds is 7. The van der Waals surface area contributed by atoms with Crippen LogP contribution in [0.2, 0.25) is 0 Å². The number of ether oxygens (including phenoxy) is 1. The molecule has 1 aliphatic heterocycles. The largest absolute Gasteiger partial charge is 0.494 e. The second-order valence-corrected chi connectivity index (χ2v) is 5.57. The fourth-order valence-electron chi connectivity index (χ4n) is 1.75. The summed E-state index contributed by atoms with van der Waals surface area (Å²) < 4.78 is 5.38. The van der Waals surface area contributed by atoms with Crippen molar-refractivity contribution >= 4 is 17.7 Å². The molecule has 0 bridgehead atoms. The van der Waals surface area contributed by atoms with Crippen LogP contribution in [0.5, 0.6) is 5.75 Å². The summed E-state index contributed by atoms with van der Waals surface area (Å²) in [4.78, 5) is 12.7. The molecule has 1 fully saturated rings. The molecule has 1 saturated heterocycles. The van der Waals surface area contributed by atoms with Gasteiger partial charge in [0.1, 0.15) is 5.75 Å². The Morgan fingerprint density at radius 3 is 2.74 bits per heavy atom. The summed E-state index contributed by atoms with van der Waals surface area (Å²) in [5.41, 5.74) is 0. The average Bonchev–Trinajstić information content (AvgIpc) is 2.36. The summed E-state index contributed by atoms with van der Waals surface area (Å²) in [6, 6.07) is 7.84. The lowest BCUT2D eigenvalue weighted by Gasteiger charge is -2.27. The zero-order valence-corrected chi connectivity index (χ0v) is 12.0. The Labute approximate surface area is 118 Å². The van der Waals surface area contributed by atoms with E-state index < -0.39 is 0 Å². The number of carbonyl (C=O) groups excluding carboxylic acids is 1. The van der Waals surface area contributed by atoms with Crippen molar-refractivity contribution in [3.05, 3.63) is 24.3 Å². The van der Waals surface area contributed by atoms with Crippen molar-refractivity contribution in [3.63, 3.8) is 0 Å². The monoisotopic (exact) mass is 280 g/mol. The van der Waals surface area contributed by atoms with Gasteiger partial charge in [-0.2, -0.15) is 0 Å². The molecule has 1 aliphatic rings. The van der Waals surface area contributed by atoms with Gasteiger partial charge in [0.15, 0.2) is 0 Å². The first-order valence-electron chi connectivity index (χ1n) is 6.61. The molecule has 0 saturated carbocycles. The highest BCUT2D eigenvalue weighted by Crippen LogP contribution is 2.21. The minimum Gasteiger partial charge on any atom is -0.494 e. The van der Waals surface area contributed by atoms with E-state index in [1.165, 1.54) is 0 Å². The molecule has 4 nitrogen and oxygen atoms in total. The lowest BCUT2D eigenvalue weighted by molar-refractivity contribution is -0.118. The van der Waals surface area contributed by atoms with Crippen molar-refractivity contribution in [2.45, 2.75) is 11.8 Å². The van der Waals surface area contributed by atoms with Gasteiger partial charge in [-0.15, -0.1) is 11.8 Å². The van der Waals surface area contributed by atoms with Crippen LogP contribution in [-0.4, -0.2) is 37.9 Å². The van der Waals surface area contributed by atoms with Crippen LogP contribution in [0.3, 0.4) is 0 Å². The first-order valence-corrected chi connectivity index (χ1v) is 7.59. The Morgan fingerprint density at radius 1 is 1.42 bits per heavy atom. The molecule has 1 amide bonds. The lowest BCUT2D eigenvalue weighted by atomic mass is 10.0. The normalized spacial score (nSPS) is 14.8. The van der Waals surface area contributed by atoms with E-state index in [-0.39, 0.29) is 5.91 Å². The average molecular weight is 280 g/mol. The molecular weight excluding hydrogens is 260 g/mol. The van der Waals surface area contributed by atoms with Crippen LogP contribution in [-0.2, 0) is 4.79 Å². The number of benzene rings is 1. The molecule has 2 rings (SSSR count). The van der Waals surface area contributed by atoms with Gasteiger partial charge in [-0.3, -0.25) is 4.79 Å². The van der Waals surface area contributed by atoms with E-state index in [1.807, 2.05) is 31.2 Å². The van der Waals surface area contributed by atoms with Gasteiger partial charge in [0, 0.05) is 30.4 Å². The van der Waals surface area contributed by atoms with Gasteiger partial charge >= 0.3 is 0 Å². The Kier molecular flexibility index (Phi) is 5.54. The van der Waals surface area contributed by atoms with Crippen molar-refractivity contribution in [3.8, 4) is 5.75 Å². The number of hydrogen-bond acceptors (Lipinski definition) is 4. The SMILES string of the molecule is CCOc1ccc(SCC(=O)NCC2CNC2)cc1. The van der Waals surface area contributed by atoms with Crippen molar-refractivity contribution in [2.24, 2.45) is 5.92 Å². The molecule has 1 aromatic carbocycles. The molecular formula is C14H20N2O2S. The third-order valence-corrected chi connectivity index (χ3v) is 3.97. The van der Waals surface area contributed by atoms with E-state index in [4.69, 9.17) is 4.74 Å². The van der Waals surface area contributed by atoms with Gasteiger partial charge in [-0.1, -0.05) is 0 Å². The zero-order chi connectivity index (χ0) is 13.5.